The van der Waals surface area contributed by atoms with Crippen LogP contribution in [0.3, 0.4) is 0 Å². The maximum absolute atomic E-state index is 12.5. The fourth-order valence-corrected chi connectivity index (χ4v) is 4.17. The molecular weight excluding hydrogens is 246 g/mol. The molecule has 1 aliphatic rings. The summed E-state index contributed by atoms with van der Waals surface area (Å²) in [5.41, 5.74) is 7.26. The Hall–Kier alpha value is -0.710. The van der Waals surface area contributed by atoms with Crippen LogP contribution in [0.15, 0.2) is 30.3 Å². The first-order chi connectivity index (χ1) is 8.61. The van der Waals surface area contributed by atoms with E-state index >= 15 is 0 Å². The number of hydrogen-bond acceptors (Lipinski definition) is 3. The molecule has 1 saturated heterocycles. The Labute approximate surface area is 111 Å². The van der Waals surface area contributed by atoms with E-state index < -0.39 is 10.8 Å². The Morgan fingerprint density at radius 1 is 1.39 bits per heavy atom. The smallest absolute Gasteiger partial charge is 0.0691 e. The molecule has 2 N–H and O–H groups in total. The third kappa shape index (κ3) is 2.82. The zero-order valence-electron chi connectivity index (χ0n) is 10.9. The molecule has 1 aliphatic heterocycles. The summed E-state index contributed by atoms with van der Waals surface area (Å²) in [5, 5.41) is 0.0660. The zero-order valence-corrected chi connectivity index (χ0v) is 11.7. The maximum atomic E-state index is 12.5. The molecule has 0 saturated carbocycles. The van der Waals surface area contributed by atoms with Crippen LogP contribution in [0.2, 0.25) is 0 Å². The van der Waals surface area contributed by atoms with Gasteiger partial charge in [-0.15, -0.1) is 0 Å². The molecule has 3 nitrogen and oxygen atoms in total. The van der Waals surface area contributed by atoms with Crippen molar-refractivity contribution in [1.82, 2.24) is 0 Å². The van der Waals surface area contributed by atoms with E-state index in [9.17, 15) is 4.21 Å². The summed E-state index contributed by atoms with van der Waals surface area (Å²) in [6, 6.07) is 9.70. The van der Waals surface area contributed by atoms with Gasteiger partial charge in [0.05, 0.1) is 16.6 Å². The molecule has 0 amide bonds. The van der Waals surface area contributed by atoms with Crippen molar-refractivity contribution in [2.45, 2.75) is 42.9 Å². The fraction of sp³-hybridized carbons (Fsp3) is 0.571. The average molecular weight is 267 g/mol. The largest absolute Gasteiger partial charge is 0.377 e. The summed E-state index contributed by atoms with van der Waals surface area (Å²) in [7, 11) is -0.951. The molecule has 2 rings (SSSR count). The van der Waals surface area contributed by atoms with Crippen molar-refractivity contribution in [3.05, 3.63) is 35.9 Å². The number of hydrogen-bond donors (Lipinski definition) is 1. The quantitative estimate of drug-likeness (QED) is 0.908. The highest BCUT2D eigenvalue weighted by molar-refractivity contribution is 7.86. The second-order valence-corrected chi connectivity index (χ2v) is 6.88. The van der Waals surface area contributed by atoms with Crippen LogP contribution in [0.5, 0.6) is 0 Å². The molecule has 0 aromatic heterocycles. The van der Waals surface area contributed by atoms with Crippen molar-refractivity contribution in [3.63, 3.8) is 0 Å². The summed E-state index contributed by atoms with van der Waals surface area (Å²) < 4.78 is 18.0. The highest BCUT2D eigenvalue weighted by Gasteiger charge is 2.34. The Bertz CT molecular complexity index is 410. The summed E-state index contributed by atoms with van der Waals surface area (Å²) >= 11 is 0. The normalized spacial score (nSPS) is 28.8. The average Bonchev–Trinajstić information content (AvgIpc) is 2.83. The van der Waals surface area contributed by atoms with Crippen LogP contribution in [-0.4, -0.2) is 27.4 Å². The lowest BCUT2D eigenvalue weighted by Crippen LogP contribution is -2.35. The topological polar surface area (TPSA) is 52.3 Å². The Morgan fingerprint density at radius 2 is 2.06 bits per heavy atom. The predicted molar refractivity (Wildman–Crippen MR) is 74.8 cm³/mol. The van der Waals surface area contributed by atoms with E-state index in [1.165, 1.54) is 0 Å². The molecule has 100 valence electrons. The second kappa shape index (κ2) is 5.95. The molecule has 0 bridgehead atoms. The SMILES string of the molecule is CC1OCCC1S(=O)C(C)C(N)c1ccccc1. The van der Waals surface area contributed by atoms with Gasteiger partial charge < -0.3 is 10.5 Å². The molecule has 1 heterocycles. The van der Waals surface area contributed by atoms with Crippen molar-refractivity contribution in [2.75, 3.05) is 6.61 Å². The Balaban J connectivity index is 2.07. The minimum absolute atomic E-state index is 0.0541. The first-order valence-corrected chi connectivity index (χ1v) is 7.70. The second-order valence-electron chi connectivity index (χ2n) is 4.87. The zero-order chi connectivity index (χ0) is 13.1. The molecular formula is C14H21NO2S. The van der Waals surface area contributed by atoms with E-state index in [0.29, 0.717) is 6.61 Å². The van der Waals surface area contributed by atoms with Crippen LogP contribution in [-0.2, 0) is 15.5 Å². The van der Waals surface area contributed by atoms with E-state index in [2.05, 4.69) is 0 Å². The van der Waals surface area contributed by atoms with Gasteiger partial charge in [0.25, 0.3) is 0 Å². The van der Waals surface area contributed by atoms with Crippen LogP contribution in [0.4, 0.5) is 0 Å². The van der Waals surface area contributed by atoms with Gasteiger partial charge in [0.2, 0.25) is 0 Å². The number of rotatable bonds is 4. The van der Waals surface area contributed by atoms with Crippen LogP contribution in [0, 0.1) is 0 Å². The van der Waals surface area contributed by atoms with Crippen molar-refractivity contribution in [3.8, 4) is 0 Å². The molecule has 0 spiro atoms. The van der Waals surface area contributed by atoms with Gasteiger partial charge in [0.1, 0.15) is 0 Å². The lowest BCUT2D eigenvalue weighted by atomic mass is 10.1. The van der Waals surface area contributed by atoms with Gasteiger partial charge in [-0.3, -0.25) is 4.21 Å². The van der Waals surface area contributed by atoms with Gasteiger partial charge >= 0.3 is 0 Å². The minimum atomic E-state index is -0.951. The van der Waals surface area contributed by atoms with E-state index in [1.807, 2.05) is 44.2 Å². The third-order valence-corrected chi connectivity index (χ3v) is 5.90. The number of benzene rings is 1. The van der Waals surface area contributed by atoms with Crippen molar-refractivity contribution in [2.24, 2.45) is 5.73 Å². The minimum Gasteiger partial charge on any atom is -0.377 e. The Kier molecular flexibility index (Phi) is 4.54. The summed E-state index contributed by atoms with van der Waals surface area (Å²) in [4.78, 5) is 0. The fourth-order valence-electron chi connectivity index (χ4n) is 2.38. The summed E-state index contributed by atoms with van der Waals surface area (Å²) in [6.45, 7) is 4.68. The first-order valence-electron chi connectivity index (χ1n) is 6.42. The van der Waals surface area contributed by atoms with E-state index in [1.54, 1.807) is 0 Å². The van der Waals surface area contributed by atoms with Crippen LogP contribution < -0.4 is 5.73 Å². The van der Waals surface area contributed by atoms with Crippen molar-refractivity contribution < 1.29 is 8.95 Å². The maximum Gasteiger partial charge on any atom is 0.0691 e. The van der Waals surface area contributed by atoms with Gasteiger partial charge in [-0.25, -0.2) is 0 Å². The van der Waals surface area contributed by atoms with E-state index in [0.717, 1.165) is 12.0 Å². The molecule has 0 aliphatic carbocycles. The highest BCUT2D eigenvalue weighted by atomic mass is 32.2. The Morgan fingerprint density at radius 3 is 2.61 bits per heavy atom. The van der Waals surface area contributed by atoms with Gasteiger partial charge in [-0.05, 0) is 25.8 Å². The number of ether oxygens (including phenoxy) is 1. The standard InChI is InChI=1S/C14H21NO2S/c1-10-13(8-9-17-10)18(16)11(2)14(15)12-6-4-3-5-7-12/h3-7,10-11,13-14H,8-9,15H2,1-2H3. The molecule has 18 heavy (non-hydrogen) atoms. The summed E-state index contributed by atoms with van der Waals surface area (Å²) in [5.74, 6) is 0. The molecule has 5 unspecified atom stereocenters. The van der Waals surface area contributed by atoms with Crippen molar-refractivity contribution >= 4 is 10.8 Å². The van der Waals surface area contributed by atoms with Gasteiger partial charge in [0, 0.05) is 23.4 Å². The first kappa shape index (κ1) is 13.7. The highest BCUT2D eigenvalue weighted by Crippen LogP contribution is 2.26. The molecule has 5 atom stereocenters. The number of nitrogens with two attached hydrogens (primary N) is 1. The molecule has 1 aromatic carbocycles. The lowest BCUT2D eigenvalue weighted by molar-refractivity contribution is 0.126. The van der Waals surface area contributed by atoms with E-state index in [-0.39, 0.29) is 22.6 Å². The van der Waals surface area contributed by atoms with Gasteiger partial charge in [-0.1, -0.05) is 30.3 Å². The van der Waals surface area contributed by atoms with E-state index in [4.69, 9.17) is 10.5 Å². The van der Waals surface area contributed by atoms with Crippen LogP contribution in [0.1, 0.15) is 31.9 Å². The molecule has 4 heteroatoms. The lowest BCUT2D eigenvalue weighted by Gasteiger charge is -2.24. The van der Waals surface area contributed by atoms with Gasteiger partial charge in [0.15, 0.2) is 0 Å². The molecule has 1 aromatic rings. The van der Waals surface area contributed by atoms with Crippen molar-refractivity contribution in [1.29, 1.82) is 0 Å². The predicted octanol–water partition coefficient (Wildman–Crippen LogP) is 2.00. The summed E-state index contributed by atoms with van der Waals surface area (Å²) in [6.07, 6.45) is 0.954. The molecule has 1 fully saturated rings. The molecule has 0 radical (unpaired) electrons. The monoisotopic (exact) mass is 267 g/mol. The third-order valence-electron chi connectivity index (χ3n) is 3.66. The van der Waals surface area contributed by atoms with Crippen LogP contribution in [0.25, 0.3) is 0 Å². The van der Waals surface area contributed by atoms with Gasteiger partial charge in [-0.2, -0.15) is 0 Å². The van der Waals surface area contributed by atoms with Crippen LogP contribution >= 0.6 is 0 Å².